The summed E-state index contributed by atoms with van der Waals surface area (Å²) in [6.07, 6.45) is 1.49. The van der Waals surface area contributed by atoms with Crippen LogP contribution in [0.2, 0.25) is 0 Å². The first-order valence-corrected chi connectivity index (χ1v) is 5.41. The molecule has 0 bridgehead atoms. The van der Waals surface area contributed by atoms with E-state index in [-0.39, 0.29) is 17.4 Å². The molecule has 1 aliphatic rings. The van der Waals surface area contributed by atoms with Crippen molar-refractivity contribution in [3.05, 3.63) is 0 Å². The van der Waals surface area contributed by atoms with Crippen LogP contribution in [0.15, 0.2) is 0 Å². The maximum Gasteiger partial charge on any atom is 0.199 e. The van der Waals surface area contributed by atoms with Crippen LogP contribution in [-0.4, -0.2) is 12.3 Å². The van der Waals surface area contributed by atoms with Gasteiger partial charge in [0.25, 0.3) is 0 Å². The van der Waals surface area contributed by atoms with E-state index < -0.39 is 6.29 Å². The summed E-state index contributed by atoms with van der Waals surface area (Å²) in [4.78, 5) is 9.58. The van der Waals surface area contributed by atoms with Gasteiger partial charge in [-0.2, -0.15) is 0 Å². The average molecular weight is 217 g/mol. The Balaban J connectivity index is 2.88. The van der Waals surface area contributed by atoms with Gasteiger partial charge in [-0.05, 0) is 24.2 Å². The second-order valence-electron chi connectivity index (χ2n) is 5.15. The maximum atomic E-state index is 6.12. The highest BCUT2D eigenvalue weighted by Gasteiger charge is 2.47. The molecule has 0 spiro atoms. The zero-order valence-electron chi connectivity index (χ0n) is 9.77. The third kappa shape index (κ3) is 2.32. The zero-order chi connectivity index (χ0) is 11.6. The Kier molecular flexibility index (Phi) is 4.08. The lowest BCUT2D eigenvalue weighted by Gasteiger charge is -2.48. The molecule has 0 heterocycles. The third-order valence-electron chi connectivity index (χ3n) is 3.92. The number of nitrogens with two attached hydrogens (primary N) is 3. The van der Waals surface area contributed by atoms with Crippen LogP contribution in [0.3, 0.4) is 0 Å². The lowest BCUT2D eigenvalue weighted by Crippen LogP contribution is -2.54. The van der Waals surface area contributed by atoms with Gasteiger partial charge in [-0.25, -0.2) is 11.8 Å². The SMILES string of the molecule is CC1CCC(N)C(C)(C)C1C(ON)ON. The summed E-state index contributed by atoms with van der Waals surface area (Å²) in [6, 6.07) is 0.131. The van der Waals surface area contributed by atoms with E-state index in [1.807, 2.05) is 0 Å². The van der Waals surface area contributed by atoms with E-state index in [2.05, 4.69) is 20.8 Å². The summed E-state index contributed by atoms with van der Waals surface area (Å²) in [5.41, 5.74) is 6.04. The monoisotopic (exact) mass is 217 g/mol. The molecule has 1 fully saturated rings. The number of hydrogen-bond acceptors (Lipinski definition) is 5. The Labute approximate surface area is 91.2 Å². The topological polar surface area (TPSA) is 96.5 Å². The highest BCUT2D eigenvalue weighted by molar-refractivity contribution is 4.95. The van der Waals surface area contributed by atoms with Gasteiger partial charge >= 0.3 is 0 Å². The van der Waals surface area contributed by atoms with Crippen molar-refractivity contribution in [3.8, 4) is 0 Å². The lowest BCUT2D eigenvalue weighted by molar-refractivity contribution is -0.219. The highest BCUT2D eigenvalue weighted by atomic mass is 16.8. The predicted octanol–water partition coefficient (Wildman–Crippen LogP) is 0.493. The largest absolute Gasteiger partial charge is 0.327 e. The molecule has 6 N–H and O–H groups in total. The van der Waals surface area contributed by atoms with Gasteiger partial charge in [0.05, 0.1) is 0 Å². The predicted molar refractivity (Wildman–Crippen MR) is 58.0 cm³/mol. The molecule has 5 nitrogen and oxygen atoms in total. The molecule has 0 amide bonds. The molecule has 0 radical (unpaired) electrons. The molecule has 0 aromatic heterocycles. The van der Waals surface area contributed by atoms with E-state index in [0.717, 1.165) is 12.8 Å². The van der Waals surface area contributed by atoms with Gasteiger partial charge in [-0.1, -0.05) is 20.8 Å². The summed E-state index contributed by atoms with van der Waals surface area (Å²) in [6.45, 7) is 6.38. The molecule has 0 aromatic carbocycles. The first-order valence-electron chi connectivity index (χ1n) is 5.41. The van der Waals surface area contributed by atoms with Crippen LogP contribution >= 0.6 is 0 Å². The fourth-order valence-corrected chi connectivity index (χ4v) is 2.79. The van der Waals surface area contributed by atoms with Gasteiger partial charge in [0.1, 0.15) is 0 Å². The average Bonchev–Trinajstić information content (AvgIpc) is 2.19. The van der Waals surface area contributed by atoms with Crippen LogP contribution in [0.4, 0.5) is 0 Å². The molecule has 3 unspecified atom stereocenters. The van der Waals surface area contributed by atoms with Gasteiger partial charge in [-0.15, -0.1) is 0 Å². The molecule has 90 valence electrons. The molecule has 5 heteroatoms. The van der Waals surface area contributed by atoms with E-state index in [9.17, 15) is 0 Å². The minimum absolute atomic E-state index is 0.0823. The van der Waals surface area contributed by atoms with E-state index in [0.29, 0.717) is 5.92 Å². The first kappa shape index (κ1) is 12.9. The summed E-state index contributed by atoms with van der Waals surface area (Å²) in [5, 5.41) is 0. The van der Waals surface area contributed by atoms with E-state index in [4.69, 9.17) is 27.2 Å². The van der Waals surface area contributed by atoms with Gasteiger partial charge in [0, 0.05) is 12.0 Å². The normalized spacial score (nSPS) is 35.8. The Morgan fingerprint density at radius 2 is 1.73 bits per heavy atom. The molecule has 1 aliphatic carbocycles. The van der Waals surface area contributed by atoms with Crippen molar-refractivity contribution in [2.75, 3.05) is 0 Å². The molecule has 0 aliphatic heterocycles. The van der Waals surface area contributed by atoms with E-state index >= 15 is 0 Å². The van der Waals surface area contributed by atoms with E-state index in [1.54, 1.807) is 0 Å². The second kappa shape index (κ2) is 4.76. The lowest BCUT2D eigenvalue weighted by atomic mass is 9.61. The van der Waals surface area contributed by atoms with Gasteiger partial charge in [-0.3, -0.25) is 9.68 Å². The van der Waals surface area contributed by atoms with Crippen LogP contribution < -0.4 is 17.5 Å². The minimum atomic E-state index is -0.582. The Bertz CT molecular complexity index is 207. The summed E-state index contributed by atoms with van der Waals surface area (Å²) >= 11 is 0. The first-order chi connectivity index (χ1) is 6.95. The standard InChI is InChI=1S/C10H23N3O2/c1-6-4-5-7(11)10(2,3)8(6)9(14-12)15-13/h6-9H,4-5,11-13H2,1-3H3. The molecule has 0 saturated heterocycles. The smallest absolute Gasteiger partial charge is 0.199 e. The van der Waals surface area contributed by atoms with Crippen molar-refractivity contribution in [3.63, 3.8) is 0 Å². The molecule has 1 saturated carbocycles. The number of hydrogen-bond donors (Lipinski definition) is 3. The number of rotatable bonds is 3. The zero-order valence-corrected chi connectivity index (χ0v) is 9.77. The minimum Gasteiger partial charge on any atom is -0.327 e. The highest BCUT2D eigenvalue weighted by Crippen LogP contribution is 2.45. The fourth-order valence-electron chi connectivity index (χ4n) is 2.79. The van der Waals surface area contributed by atoms with Crippen molar-refractivity contribution < 1.29 is 9.68 Å². The summed E-state index contributed by atoms with van der Waals surface area (Å²) < 4.78 is 0. The maximum absolute atomic E-state index is 6.12. The summed E-state index contributed by atoms with van der Waals surface area (Å²) in [7, 11) is 0. The Hall–Kier alpha value is -0.200. The molecular formula is C10H23N3O2. The van der Waals surface area contributed by atoms with Gasteiger partial charge < -0.3 is 5.73 Å². The molecule has 0 aromatic rings. The molecule has 3 atom stereocenters. The Morgan fingerprint density at radius 3 is 2.20 bits per heavy atom. The molecule has 15 heavy (non-hydrogen) atoms. The van der Waals surface area contributed by atoms with Gasteiger partial charge in [0.15, 0.2) is 6.29 Å². The van der Waals surface area contributed by atoms with Crippen molar-refractivity contribution in [1.29, 1.82) is 0 Å². The van der Waals surface area contributed by atoms with Gasteiger partial charge in [0.2, 0.25) is 0 Å². The van der Waals surface area contributed by atoms with Crippen LogP contribution in [0, 0.1) is 17.3 Å². The summed E-state index contributed by atoms with van der Waals surface area (Å²) in [5.74, 6) is 11.0. The fraction of sp³-hybridized carbons (Fsp3) is 1.00. The van der Waals surface area contributed by atoms with E-state index in [1.165, 1.54) is 0 Å². The van der Waals surface area contributed by atoms with Crippen molar-refractivity contribution >= 4 is 0 Å². The van der Waals surface area contributed by atoms with Crippen molar-refractivity contribution in [2.45, 2.75) is 45.9 Å². The van der Waals surface area contributed by atoms with Crippen LogP contribution in [0.25, 0.3) is 0 Å². The molecule has 1 rings (SSSR count). The van der Waals surface area contributed by atoms with Crippen LogP contribution in [0.5, 0.6) is 0 Å². The molecular weight excluding hydrogens is 194 g/mol. The van der Waals surface area contributed by atoms with Crippen LogP contribution in [0.1, 0.15) is 33.6 Å². The Morgan fingerprint density at radius 1 is 1.20 bits per heavy atom. The van der Waals surface area contributed by atoms with Crippen molar-refractivity contribution in [2.24, 2.45) is 34.8 Å². The van der Waals surface area contributed by atoms with Crippen molar-refractivity contribution in [1.82, 2.24) is 0 Å². The second-order valence-corrected chi connectivity index (χ2v) is 5.15. The van der Waals surface area contributed by atoms with Crippen LogP contribution in [-0.2, 0) is 9.68 Å². The quantitative estimate of drug-likeness (QED) is 0.472. The third-order valence-corrected chi connectivity index (χ3v) is 3.92.